The van der Waals surface area contributed by atoms with Crippen molar-refractivity contribution in [3.05, 3.63) is 132 Å². The van der Waals surface area contributed by atoms with Crippen molar-refractivity contribution in [1.29, 1.82) is 0 Å². The lowest BCUT2D eigenvalue weighted by atomic mass is 9.87. The minimum absolute atomic E-state index is 0.0857. The third kappa shape index (κ3) is 6.73. The second-order valence-electron chi connectivity index (χ2n) is 11.1. The summed E-state index contributed by atoms with van der Waals surface area (Å²) in [7, 11) is 5.01. The molecule has 6 rings (SSSR count). The molecule has 0 amide bonds. The molecule has 2 aliphatic heterocycles. The molecule has 0 aromatic heterocycles. The largest absolute Gasteiger partial charge is 0.484 e. The fraction of sp³-hybridized carbons (Fsp3) is 0.263. The lowest BCUT2D eigenvalue weighted by Gasteiger charge is -2.43. The number of hydrogen-bond donors (Lipinski definition) is 0. The molecule has 0 N–H and O–H groups in total. The summed E-state index contributed by atoms with van der Waals surface area (Å²) in [6, 6.07) is 43.2. The molecule has 4 atom stereocenters. The molecule has 0 saturated carbocycles. The molecule has 0 spiro atoms. The van der Waals surface area contributed by atoms with E-state index in [1.54, 1.807) is 28.4 Å². The highest BCUT2D eigenvalue weighted by atomic mass is 31.1. The Morgan fingerprint density at radius 1 is 0.587 bits per heavy atom. The molecule has 0 aliphatic carbocycles. The SMILES string of the molecule is COC1=N[C@@H](OC)C([C@H]2C(OC)=N[C@@H](OC)C[C@H]2P(c2ccccc2)c2ccccc2)=C(P(c2ccccc2)c2ccccc2)C1. The molecule has 0 saturated heterocycles. The van der Waals surface area contributed by atoms with E-state index >= 15 is 0 Å². The van der Waals surface area contributed by atoms with Crippen molar-refractivity contribution < 1.29 is 18.9 Å². The Morgan fingerprint density at radius 3 is 1.52 bits per heavy atom. The highest BCUT2D eigenvalue weighted by molar-refractivity contribution is 7.77. The van der Waals surface area contributed by atoms with Gasteiger partial charge in [0.25, 0.3) is 0 Å². The van der Waals surface area contributed by atoms with Gasteiger partial charge in [-0.15, -0.1) is 0 Å². The number of aliphatic imine (C=N–C) groups is 2. The fourth-order valence-electron chi connectivity index (χ4n) is 6.51. The molecule has 46 heavy (non-hydrogen) atoms. The normalized spacial score (nSPS) is 21.6. The number of nitrogens with zero attached hydrogens (tertiary/aromatic N) is 2. The zero-order chi connectivity index (χ0) is 31.9. The molecule has 6 nitrogen and oxygen atoms in total. The number of rotatable bonds is 9. The molecular weight excluding hydrogens is 610 g/mol. The summed E-state index contributed by atoms with van der Waals surface area (Å²) in [5, 5.41) is 6.38. The topological polar surface area (TPSA) is 61.6 Å². The number of benzene rings is 4. The van der Waals surface area contributed by atoms with Crippen molar-refractivity contribution in [2.45, 2.75) is 31.0 Å². The van der Waals surface area contributed by atoms with Crippen LogP contribution in [0.25, 0.3) is 0 Å². The monoisotopic (exact) mass is 650 g/mol. The average Bonchev–Trinajstić information content (AvgIpc) is 3.13. The van der Waals surface area contributed by atoms with E-state index in [9.17, 15) is 0 Å². The fourth-order valence-corrected chi connectivity index (χ4v) is 12.2. The van der Waals surface area contributed by atoms with E-state index in [1.165, 1.54) is 26.5 Å². The van der Waals surface area contributed by atoms with Crippen LogP contribution in [0.5, 0.6) is 0 Å². The van der Waals surface area contributed by atoms with Gasteiger partial charge in [-0.1, -0.05) is 121 Å². The third-order valence-corrected chi connectivity index (χ3v) is 14.0. The van der Waals surface area contributed by atoms with E-state index in [-0.39, 0.29) is 17.8 Å². The van der Waals surface area contributed by atoms with Crippen molar-refractivity contribution in [3.8, 4) is 0 Å². The van der Waals surface area contributed by atoms with Crippen LogP contribution < -0.4 is 21.2 Å². The summed E-state index contributed by atoms with van der Waals surface area (Å²) in [5.74, 6) is 1.11. The molecule has 236 valence electrons. The van der Waals surface area contributed by atoms with E-state index in [4.69, 9.17) is 28.9 Å². The Bertz CT molecular complexity index is 1590. The van der Waals surface area contributed by atoms with Crippen LogP contribution in [-0.2, 0) is 18.9 Å². The number of dihydropyridines is 1. The summed E-state index contributed by atoms with van der Waals surface area (Å²) in [6.45, 7) is 0. The first-order valence-corrected chi connectivity index (χ1v) is 18.2. The number of methoxy groups -OCH3 is 4. The molecular formula is C38H40N2O4P2. The second-order valence-corrected chi connectivity index (χ2v) is 15.8. The maximum absolute atomic E-state index is 6.28. The molecule has 8 heteroatoms. The Morgan fingerprint density at radius 2 is 1.09 bits per heavy atom. The van der Waals surface area contributed by atoms with Crippen LogP contribution in [0.2, 0.25) is 0 Å². The standard InChI is InChI=1S/C38H40N2O4P2/c1-41-33-25-31(45(27-17-9-5-10-18-27)28-19-11-6-12-20-28)35(37(39-33)43-3)36-32(26-34(42-2)40-38(36)44-4)46(29-21-13-7-14-22-29)30-23-15-8-16-24-30/h5-24,31,33,35,38H,25-26H2,1-4H3/t31-,33+,35+,38+/m1/s1. The van der Waals surface area contributed by atoms with Crippen LogP contribution in [-0.4, -0.2) is 58.3 Å². The molecule has 4 aromatic carbocycles. The quantitative estimate of drug-likeness (QED) is 0.199. The summed E-state index contributed by atoms with van der Waals surface area (Å²) >= 11 is 0. The number of ether oxygens (including phenoxy) is 4. The summed E-state index contributed by atoms with van der Waals surface area (Å²) < 4.78 is 24.4. The second kappa shape index (κ2) is 15.3. The highest BCUT2D eigenvalue weighted by Gasteiger charge is 2.47. The maximum atomic E-state index is 6.28. The van der Waals surface area contributed by atoms with Crippen molar-refractivity contribution >= 4 is 48.9 Å². The van der Waals surface area contributed by atoms with Crippen molar-refractivity contribution in [1.82, 2.24) is 0 Å². The molecule has 2 aliphatic rings. The molecule has 0 radical (unpaired) electrons. The average molecular weight is 651 g/mol. The van der Waals surface area contributed by atoms with Crippen molar-refractivity contribution in [2.24, 2.45) is 15.9 Å². The Labute approximate surface area is 274 Å². The van der Waals surface area contributed by atoms with Crippen LogP contribution in [0.1, 0.15) is 12.8 Å². The zero-order valence-corrected chi connectivity index (χ0v) is 28.5. The summed E-state index contributed by atoms with van der Waals surface area (Å²) in [5.41, 5.74) is 1.20. The van der Waals surface area contributed by atoms with E-state index in [1.807, 2.05) is 0 Å². The van der Waals surface area contributed by atoms with E-state index in [2.05, 4.69) is 121 Å². The van der Waals surface area contributed by atoms with E-state index in [0.717, 1.165) is 12.0 Å². The summed E-state index contributed by atoms with van der Waals surface area (Å²) in [4.78, 5) is 10.1. The maximum Gasteiger partial charge on any atom is 0.193 e. The van der Waals surface area contributed by atoms with Gasteiger partial charge in [0.15, 0.2) is 24.3 Å². The molecule has 0 bridgehead atoms. The molecule has 2 heterocycles. The smallest absolute Gasteiger partial charge is 0.193 e. The van der Waals surface area contributed by atoms with Gasteiger partial charge >= 0.3 is 0 Å². The van der Waals surface area contributed by atoms with Crippen molar-refractivity contribution in [3.63, 3.8) is 0 Å². The van der Waals surface area contributed by atoms with Gasteiger partial charge < -0.3 is 18.9 Å². The van der Waals surface area contributed by atoms with Gasteiger partial charge in [-0.3, -0.25) is 0 Å². The van der Waals surface area contributed by atoms with Crippen LogP contribution in [0.3, 0.4) is 0 Å². The van der Waals surface area contributed by atoms with E-state index < -0.39 is 22.1 Å². The first-order chi connectivity index (χ1) is 22.7. The first-order valence-electron chi connectivity index (χ1n) is 15.5. The van der Waals surface area contributed by atoms with Gasteiger partial charge in [0.2, 0.25) is 0 Å². The highest BCUT2D eigenvalue weighted by Crippen LogP contribution is 2.56. The van der Waals surface area contributed by atoms with Crippen LogP contribution in [0.15, 0.2) is 142 Å². The van der Waals surface area contributed by atoms with Crippen molar-refractivity contribution in [2.75, 3.05) is 28.4 Å². The van der Waals surface area contributed by atoms with Gasteiger partial charge in [0.1, 0.15) is 0 Å². The lowest BCUT2D eigenvalue weighted by Crippen LogP contribution is -2.45. The number of hydrogen-bond acceptors (Lipinski definition) is 6. The van der Waals surface area contributed by atoms with Gasteiger partial charge in [-0.05, 0) is 47.9 Å². The molecule has 0 unspecified atom stereocenters. The lowest BCUT2D eigenvalue weighted by molar-refractivity contribution is 0.0848. The predicted octanol–water partition coefficient (Wildman–Crippen LogP) is 6.33. The predicted molar refractivity (Wildman–Crippen MR) is 192 cm³/mol. The van der Waals surface area contributed by atoms with Gasteiger partial charge in [-0.2, -0.15) is 0 Å². The van der Waals surface area contributed by atoms with Gasteiger partial charge in [-0.25, -0.2) is 9.98 Å². The minimum atomic E-state index is -0.979. The zero-order valence-electron chi connectivity index (χ0n) is 26.7. The summed E-state index contributed by atoms with van der Waals surface area (Å²) in [6.07, 6.45) is 0.409. The van der Waals surface area contributed by atoms with Crippen LogP contribution in [0.4, 0.5) is 0 Å². The van der Waals surface area contributed by atoms with Gasteiger partial charge in [0.05, 0.1) is 20.1 Å². The third-order valence-electron chi connectivity index (χ3n) is 8.52. The van der Waals surface area contributed by atoms with Gasteiger partial charge in [0, 0.05) is 32.7 Å². The Kier molecular flexibility index (Phi) is 10.7. The van der Waals surface area contributed by atoms with Crippen LogP contribution in [0, 0.1) is 5.92 Å². The molecule has 0 fully saturated rings. The van der Waals surface area contributed by atoms with E-state index in [0.29, 0.717) is 18.2 Å². The molecule has 4 aromatic rings. The van der Waals surface area contributed by atoms with Crippen LogP contribution >= 0.6 is 15.8 Å². The minimum Gasteiger partial charge on any atom is -0.484 e. The first kappa shape index (κ1) is 32.3. The Hall–Kier alpha value is -3.66. The Balaban J connectivity index is 1.65.